The highest BCUT2D eigenvalue weighted by Gasteiger charge is 2.30. The molecule has 1 saturated heterocycles. The number of rotatable bonds is 5. The second-order valence-corrected chi connectivity index (χ2v) is 9.76. The molecule has 0 spiro atoms. The van der Waals surface area contributed by atoms with Crippen molar-refractivity contribution in [3.8, 4) is 0 Å². The molecule has 0 unspecified atom stereocenters. The predicted molar refractivity (Wildman–Crippen MR) is 109 cm³/mol. The molecule has 0 atom stereocenters. The van der Waals surface area contributed by atoms with Crippen LogP contribution in [-0.2, 0) is 14.8 Å². The summed E-state index contributed by atoms with van der Waals surface area (Å²) >= 11 is 13.3. The lowest BCUT2D eigenvalue weighted by Gasteiger charge is -2.34. The van der Waals surface area contributed by atoms with Gasteiger partial charge in [-0.25, -0.2) is 8.42 Å². The van der Waals surface area contributed by atoms with Crippen LogP contribution in [0.5, 0.6) is 0 Å². The maximum Gasteiger partial charge on any atom is 0.243 e. The Morgan fingerprint density at radius 3 is 2.22 bits per heavy atom. The first kappa shape index (κ1) is 20.5. The van der Waals surface area contributed by atoms with Gasteiger partial charge in [0.05, 0.1) is 15.7 Å². The lowest BCUT2D eigenvalue weighted by molar-refractivity contribution is -0.129. The molecule has 5 nitrogen and oxygen atoms in total. The minimum atomic E-state index is -3.57. The minimum absolute atomic E-state index is 0.0246. The van der Waals surface area contributed by atoms with Gasteiger partial charge in [0, 0.05) is 36.1 Å². The normalized spacial score (nSPS) is 15.7. The second kappa shape index (κ2) is 8.84. The Kier molecular flexibility index (Phi) is 6.70. The van der Waals surface area contributed by atoms with Crippen LogP contribution in [0, 0.1) is 0 Å². The molecule has 27 heavy (non-hydrogen) atoms. The molecule has 1 aliphatic heterocycles. The first-order valence-corrected chi connectivity index (χ1v) is 11.5. The van der Waals surface area contributed by atoms with E-state index < -0.39 is 10.0 Å². The lowest BCUT2D eigenvalue weighted by Crippen LogP contribution is -2.50. The Bertz CT molecular complexity index is 912. The van der Waals surface area contributed by atoms with Crippen molar-refractivity contribution < 1.29 is 13.2 Å². The fraction of sp³-hybridized carbons (Fsp3) is 0.278. The molecule has 2 aromatic carbocycles. The summed E-state index contributed by atoms with van der Waals surface area (Å²) in [5.74, 6) is 0.247. The number of benzene rings is 2. The van der Waals surface area contributed by atoms with E-state index in [4.69, 9.17) is 23.2 Å². The van der Waals surface area contributed by atoms with Crippen molar-refractivity contribution in [2.75, 3.05) is 31.9 Å². The zero-order valence-electron chi connectivity index (χ0n) is 14.3. The largest absolute Gasteiger partial charge is 0.339 e. The first-order chi connectivity index (χ1) is 12.9. The second-order valence-electron chi connectivity index (χ2n) is 5.96. The summed E-state index contributed by atoms with van der Waals surface area (Å²) in [6.45, 7) is 1.28. The number of thioether (sulfide) groups is 1. The van der Waals surface area contributed by atoms with Crippen LogP contribution in [0.1, 0.15) is 0 Å². The number of hydrogen-bond acceptors (Lipinski definition) is 4. The van der Waals surface area contributed by atoms with Crippen LogP contribution in [-0.4, -0.2) is 55.5 Å². The van der Waals surface area contributed by atoms with E-state index in [1.807, 2.05) is 18.2 Å². The van der Waals surface area contributed by atoms with Crippen LogP contribution in [0.2, 0.25) is 10.0 Å². The molecule has 0 saturated carbocycles. The standard InChI is InChI=1S/C18H18Cl2N2O3S2/c19-14-5-7-15(8-6-14)27(24,25)22-11-9-21(10-12-22)18(23)13-26-17-4-2-1-3-16(17)20/h1-8H,9-13H2. The summed E-state index contributed by atoms with van der Waals surface area (Å²) in [7, 11) is -3.57. The lowest BCUT2D eigenvalue weighted by atomic mass is 10.3. The molecule has 0 bridgehead atoms. The SMILES string of the molecule is O=C(CSc1ccccc1Cl)N1CCN(S(=O)(=O)c2ccc(Cl)cc2)CC1. The smallest absolute Gasteiger partial charge is 0.243 e. The van der Waals surface area contributed by atoms with E-state index >= 15 is 0 Å². The summed E-state index contributed by atoms with van der Waals surface area (Å²) in [4.78, 5) is 15.2. The van der Waals surface area contributed by atoms with Crippen molar-refractivity contribution in [1.82, 2.24) is 9.21 Å². The summed E-state index contributed by atoms with van der Waals surface area (Å²) in [6.07, 6.45) is 0. The third kappa shape index (κ3) is 4.97. The highest BCUT2D eigenvalue weighted by Crippen LogP contribution is 2.27. The van der Waals surface area contributed by atoms with Gasteiger partial charge in [-0.15, -0.1) is 11.8 Å². The molecule has 1 fully saturated rings. The Morgan fingerprint density at radius 1 is 0.963 bits per heavy atom. The number of amides is 1. The molecular weight excluding hydrogens is 427 g/mol. The van der Waals surface area contributed by atoms with Gasteiger partial charge in [-0.2, -0.15) is 4.31 Å². The Labute approximate surface area is 173 Å². The maximum absolute atomic E-state index is 12.7. The highest BCUT2D eigenvalue weighted by molar-refractivity contribution is 8.00. The average molecular weight is 445 g/mol. The van der Waals surface area contributed by atoms with Gasteiger partial charge in [-0.3, -0.25) is 4.79 Å². The number of nitrogens with zero attached hydrogens (tertiary/aromatic N) is 2. The number of carbonyl (C=O) groups is 1. The molecule has 9 heteroatoms. The quantitative estimate of drug-likeness (QED) is 0.660. The van der Waals surface area contributed by atoms with E-state index in [-0.39, 0.29) is 29.6 Å². The number of piperazine rings is 1. The van der Waals surface area contributed by atoms with Gasteiger partial charge in [0.25, 0.3) is 0 Å². The zero-order chi connectivity index (χ0) is 19.4. The van der Waals surface area contributed by atoms with E-state index in [9.17, 15) is 13.2 Å². The molecule has 3 rings (SSSR count). The number of halogens is 2. The van der Waals surface area contributed by atoms with Crippen LogP contribution in [0.3, 0.4) is 0 Å². The number of hydrogen-bond donors (Lipinski definition) is 0. The van der Waals surface area contributed by atoms with E-state index in [1.165, 1.54) is 28.2 Å². The van der Waals surface area contributed by atoms with Crippen LogP contribution < -0.4 is 0 Å². The molecule has 2 aromatic rings. The summed E-state index contributed by atoms with van der Waals surface area (Å²) in [5, 5.41) is 1.11. The molecule has 0 radical (unpaired) electrons. The van der Waals surface area contributed by atoms with Crippen LogP contribution in [0.4, 0.5) is 0 Å². The van der Waals surface area contributed by atoms with Gasteiger partial charge in [-0.1, -0.05) is 35.3 Å². The van der Waals surface area contributed by atoms with E-state index in [0.717, 1.165) is 4.90 Å². The van der Waals surface area contributed by atoms with Gasteiger partial charge in [0.2, 0.25) is 15.9 Å². The third-order valence-electron chi connectivity index (χ3n) is 4.23. The van der Waals surface area contributed by atoms with E-state index in [0.29, 0.717) is 23.1 Å². The Hall–Kier alpha value is -1.25. The monoisotopic (exact) mass is 444 g/mol. The molecule has 144 valence electrons. The highest BCUT2D eigenvalue weighted by atomic mass is 35.5. The summed E-state index contributed by atoms with van der Waals surface area (Å²) < 4.78 is 26.8. The van der Waals surface area contributed by atoms with Crippen LogP contribution in [0.25, 0.3) is 0 Å². The van der Waals surface area contributed by atoms with Crippen molar-refractivity contribution in [1.29, 1.82) is 0 Å². The molecule has 0 aromatic heterocycles. The molecule has 1 heterocycles. The number of sulfonamides is 1. The number of carbonyl (C=O) groups excluding carboxylic acids is 1. The minimum Gasteiger partial charge on any atom is -0.339 e. The summed E-state index contributed by atoms with van der Waals surface area (Å²) in [5.41, 5.74) is 0. The fourth-order valence-electron chi connectivity index (χ4n) is 2.73. The van der Waals surface area contributed by atoms with Gasteiger partial charge >= 0.3 is 0 Å². The van der Waals surface area contributed by atoms with Gasteiger partial charge < -0.3 is 4.90 Å². The Balaban J connectivity index is 1.56. The molecule has 1 aliphatic rings. The van der Waals surface area contributed by atoms with E-state index in [1.54, 1.807) is 23.1 Å². The third-order valence-corrected chi connectivity index (χ3v) is 7.90. The maximum atomic E-state index is 12.7. The predicted octanol–water partition coefficient (Wildman–Crippen LogP) is 3.62. The first-order valence-electron chi connectivity index (χ1n) is 8.29. The molecule has 0 N–H and O–H groups in total. The van der Waals surface area contributed by atoms with E-state index in [2.05, 4.69) is 0 Å². The van der Waals surface area contributed by atoms with Crippen molar-refractivity contribution in [3.05, 3.63) is 58.6 Å². The van der Waals surface area contributed by atoms with Crippen LogP contribution >= 0.6 is 35.0 Å². The van der Waals surface area contributed by atoms with Crippen molar-refractivity contribution >= 4 is 50.9 Å². The van der Waals surface area contributed by atoms with Gasteiger partial charge in [0.1, 0.15) is 0 Å². The van der Waals surface area contributed by atoms with Crippen LogP contribution in [0.15, 0.2) is 58.3 Å². The summed E-state index contributed by atoms with van der Waals surface area (Å²) in [6, 6.07) is 13.5. The topological polar surface area (TPSA) is 57.7 Å². The van der Waals surface area contributed by atoms with Gasteiger partial charge in [-0.05, 0) is 36.4 Å². The molecule has 1 amide bonds. The average Bonchev–Trinajstić information content (AvgIpc) is 2.67. The Morgan fingerprint density at radius 2 is 1.59 bits per heavy atom. The van der Waals surface area contributed by atoms with Gasteiger partial charge in [0.15, 0.2) is 0 Å². The van der Waals surface area contributed by atoms with Crippen molar-refractivity contribution in [3.63, 3.8) is 0 Å². The van der Waals surface area contributed by atoms with Crippen molar-refractivity contribution in [2.45, 2.75) is 9.79 Å². The molecule has 0 aliphatic carbocycles. The molecular formula is C18H18Cl2N2O3S2. The fourth-order valence-corrected chi connectivity index (χ4v) is 5.42. The zero-order valence-corrected chi connectivity index (χ0v) is 17.5. The van der Waals surface area contributed by atoms with Crippen molar-refractivity contribution in [2.24, 2.45) is 0 Å².